The smallest absolute Gasteiger partial charge is 0.267 e. The minimum Gasteiger partial charge on any atom is -0.297 e. The van der Waals surface area contributed by atoms with E-state index < -0.39 is 0 Å². The van der Waals surface area contributed by atoms with Crippen LogP contribution in [0, 0.1) is 0 Å². The zero-order chi connectivity index (χ0) is 14.0. The van der Waals surface area contributed by atoms with E-state index in [-0.39, 0.29) is 11.3 Å². The molecule has 19 heavy (non-hydrogen) atoms. The van der Waals surface area contributed by atoms with Crippen LogP contribution in [-0.2, 0) is 11.8 Å². The molecule has 1 N–H and O–H groups in total. The molecule has 3 nitrogen and oxygen atoms in total. The quantitative estimate of drug-likeness (QED) is 0.916. The maximum absolute atomic E-state index is 12.1. The third kappa shape index (κ3) is 3.42. The van der Waals surface area contributed by atoms with E-state index in [1.807, 2.05) is 17.5 Å². The molecule has 2 heterocycles. The number of aryl methyl sites for hydroxylation is 1. The maximum Gasteiger partial charge on any atom is 0.267 e. The van der Waals surface area contributed by atoms with Crippen molar-refractivity contribution in [1.29, 1.82) is 0 Å². The van der Waals surface area contributed by atoms with Gasteiger partial charge in [-0.05, 0) is 18.6 Å². The highest BCUT2D eigenvalue weighted by atomic mass is 32.1. The molecule has 2 rings (SSSR count). The number of hydrogen-bond donors (Lipinski definition) is 1. The average Bonchev–Trinajstić information content (AvgIpc) is 2.95. The van der Waals surface area contributed by atoms with Gasteiger partial charge in [0.05, 0.1) is 10.6 Å². The molecule has 2 aromatic rings. The summed E-state index contributed by atoms with van der Waals surface area (Å²) in [5, 5.41) is 5.54. The molecular formula is C14H18N2OS2. The summed E-state index contributed by atoms with van der Waals surface area (Å²) in [5.74, 6) is -0.0699. The van der Waals surface area contributed by atoms with Crippen LogP contribution in [0.3, 0.4) is 0 Å². The molecule has 0 unspecified atom stereocenters. The lowest BCUT2D eigenvalue weighted by Crippen LogP contribution is -2.13. The van der Waals surface area contributed by atoms with Gasteiger partial charge in [0, 0.05) is 15.7 Å². The molecule has 0 radical (unpaired) electrons. The molecule has 0 aromatic carbocycles. The molecule has 2 aromatic heterocycles. The van der Waals surface area contributed by atoms with E-state index >= 15 is 0 Å². The number of thiophene rings is 1. The predicted molar refractivity (Wildman–Crippen MR) is 82.5 cm³/mol. The third-order valence-electron chi connectivity index (χ3n) is 2.73. The number of nitrogens with zero attached hydrogens (tertiary/aromatic N) is 1. The summed E-state index contributed by atoms with van der Waals surface area (Å²) >= 11 is 3.01. The van der Waals surface area contributed by atoms with E-state index in [4.69, 9.17) is 0 Å². The Morgan fingerprint density at radius 1 is 1.37 bits per heavy atom. The lowest BCUT2D eigenvalue weighted by atomic mass is 9.93. The standard InChI is InChI=1S/C14H18N2OS2/c1-5-9-6-7-10(19-9)12(17)16-13-15-11(8-18-13)14(2,3)4/h6-8H,5H2,1-4H3,(H,15,16,17). The fourth-order valence-corrected chi connectivity index (χ4v) is 3.30. The van der Waals surface area contributed by atoms with Crippen LogP contribution in [0.2, 0.25) is 0 Å². The summed E-state index contributed by atoms with van der Waals surface area (Å²) in [6.07, 6.45) is 0.962. The Labute approximate surface area is 121 Å². The molecule has 0 bridgehead atoms. The van der Waals surface area contributed by atoms with Gasteiger partial charge in [-0.2, -0.15) is 0 Å². The van der Waals surface area contributed by atoms with E-state index in [0.29, 0.717) is 5.13 Å². The van der Waals surface area contributed by atoms with Gasteiger partial charge < -0.3 is 0 Å². The van der Waals surface area contributed by atoms with Crippen molar-refractivity contribution in [2.24, 2.45) is 0 Å². The highest BCUT2D eigenvalue weighted by molar-refractivity contribution is 7.15. The first kappa shape index (κ1) is 14.2. The first-order valence-corrected chi connectivity index (χ1v) is 7.96. The van der Waals surface area contributed by atoms with Crippen LogP contribution in [0.15, 0.2) is 17.5 Å². The Morgan fingerprint density at radius 2 is 2.11 bits per heavy atom. The summed E-state index contributed by atoms with van der Waals surface area (Å²) < 4.78 is 0. The second-order valence-electron chi connectivity index (χ2n) is 5.36. The Morgan fingerprint density at radius 3 is 2.63 bits per heavy atom. The van der Waals surface area contributed by atoms with Crippen molar-refractivity contribution in [3.8, 4) is 0 Å². The minimum atomic E-state index is -0.0699. The van der Waals surface area contributed by atoms with Gasteiger partial charge in [0.15, 0.2) is 5.13 Å². The molecule has 0 spiro atoms. The first-order valence-electron chi connectivity index (χ1n) is 6.26. The molecule has 0 fully saturated rings. The van der Waals surface area contributed by atoms with Crippen molar-refractivity contribution in [2.75, 3.05) is 5.32 Å². The maximum atomic E-state index is 12.1. The second kappa shape index (κ2) is 5.43. The van der Waals surface area contributed by atoms with Crippen LogP contribution in [-0.4, -0.2) is 10.9 Å². The highest BCUT2D eigenvalue weighted by Gasteiger charge is 2.18. The zero-order valence-electron chi connectivity index (χ0n) is 11.6. The van der Waals surface area contributed by atoms with Crippen molar-refractivity contribution >= 4 is 33.7 Å². The molecule has 0 atom stereocenters. The van der Waals surface area contributed by atoms with Gasteiger partial charge >= 0.3 is 0 Å². The average molecular weight is 294 g/mol. The van der Waals surface area contributed by atoms with Crippen LogP contribution >= 0.6 is 22.7 Å². The Kier molecular flexibility index (Phi) is 4.06. The highest BCUT2D eigenvalue weighted by Crippen LogP contribution is 2.27. The summed E-state index contributed by atoms with van der Waals surface area (Å²) in [7, 11) is 0. The molecule has 0 aliphatic carbocycles. The zero-order valence-corrected chi connectivity index (χ0v) is 13.2. The van der Waals surface area contributed by atoms with Crippen molar-refractivity contribution in [3.63, 3.8) is 0 Å². The van der Waals surface area contributed by atoms with Crippen molar-refractivity contribution in [3.05, 3.63) is 33.0 Å². The number of thiazole rings is 1. The van der Waals surface area contributed by atoms with Crippen molar-refractivity contribution < 1.29 is 4.79 Å². The molecule has 5 heteroatoms. The molecular weight excluding hydrogens is 276 g/mol. The van der Waals surface area contributed by atoms with Crippen LogP contribution in [0.1, 0.15) is 47.9 Å². The van der Waals surface area contributed by atoms with Gasteiger partial charge in [-0.15, -0.1) is 22.7 Å². The topological polar surface area (TPSA) is 42.0 Å². The van der Waals surface area contributed by atoms with Gasteiger partial charge in [0.25, 0.3) is 5.91 Å². The number of amides is 1. The first-order chi connectivity index (χ1) is 8.90. The number of anilines is 1. The third-order valence-corrected chi connectivity index (χ3v) is 4.71. The number of carbonyl (C=O) groups is 1. The summed E-state index contributed by atoms with van der Waals surface area (Å²) in [6, 6.07) is 3.87. The predicted octanol–water partition coefficient (Wildman–Crippen LogP) is 4.32. The van der Waals surface area contributed by atoms with Crippen LogP contribution in [0.25, 0.3) is 0 Å². The number of nitrogens with one attached hydrogen (secondary N) is 1. The molecule has 0 aliphatic heterocycles. The van der Waals surface area contributed by atoms with Gasteiger partial charge in [-0.25, -0.2) is 4.98 Å². The molecule has 102 valence electrons. The summed E-state index contributed by atoms with van der Waals surface area (Å²) in [4.78, 5) is 18.5. The molecule has 0 saturated heterocycles. The van der Waals surface area contributed by atoms with E-state index in [1.54, 1.807) is 0 Å². The van der Waals surface area contributed by atoms with Crippen LogP contribution in [0.5, 0.6) is 0 Å². The summed E-state index contributed by atoms with van der Waals surface area (Å²) in [5.41, 5.74) is 1.02. The number of carbonyl (C=O) groups excluding carboxylic acids is 1. The molecule has 0 aliphatic rings. The normalized spacial score (nSPS) is 11.6. The van der Waals surface area contributed by atoms with Crippen LogP contribution in [0.4, 0.5) is 5.13 Å². The summed E-state index contributed by atoms with van der Waals surface area (Å²) in [6.45, 7) is 8.42. The lowest BCUT2D eigenvalue weighted by Gasteiger charge is -2.14. The van der Waals surface area contributed by atoms with Gasteiger partial charge in [-0.1, -0.05) is 27.7 Å². The fourth-order valence-electron chi connectivity index (χ4n) is 1.52. The number of aromatic nitrogens is 1. The Balaban J connectivity index is 2.09. The Bertz CT molecular complexity index is 578. The largest absolute Gasteiger partial charge is 0.297 e. The number of hydrogen-bond acceptors (Lipinski definition) is 4. The monoisotopic (exact) mass is 294 g/mol. The fraction of sp³-hybridized carbons (Fsp3) is 0.429. The van der Waals surface area contributed by atoms with E-state index in [0.717, 1.165) is 17.0 Å². The SMILES string of the molecule is CCc1ccc(C(=O)Nc2nc(C(C)(C)C)cs2)s1. The molecule has 1 amide bonds. The molecule has 0 saturated carbocycles. The second-order valence-corrected chi connectivity index (χ2v) is 7.39. The van der Waals surface area contributed by atoms with E-state index in [9.17, 15) is 4.79 Å². The van der Waals surface area contributed by atoms with Gasteiger partial charge in [0.1, 0.15) is 0 Å². The van der Waals surface area contributed by atoms with Gasteiger partial charge in [-0.3, -0.25) is 10.1 Å². The van der Waals surface area contributed by atoms with E-state index in [1.165, 1.54) is 27.6 Å². The number of rotatable bonds is 3. The van der Waals surface area contributed by atoms with Crippen molar-refractivity contribution in [1.82, 2.24) is 4.98 Å². The van der Waals surface area contributed by atoms with Crippen molar-refractivity contribution in [2.45, 2.75) is 39.5 Å². The van der Waals surface area contributed by atoms with Crippen LogP contribution < -0.4 is 5.32 Å². The Hall–Kier alpha value is -1.20. The minimum absolute atomic E-state index is 0.0117. The van der Waals surface area contributed by atoms with E-state index in [2.05, 4.69) is 38.0 Å². The lowest BCUT2D eigenvalue weighted by molar-refractivity contribution is 0.103. The van der Waals surface area contributed by atoms with Gasteiger partial charge in [0.2, 0.25) is 0 Å².